The Hall–Kier alpha value is -0.772. The molecule has 182 valence electrons. The van der Waals surface area contributed by atoms with E-state index in [1.165, 1.54) is 38.5 Å². The van der Waals surface area contributed by atoms with Crippen molar-refractivity contribution >= 4 is 42.3 Å². The zero-order valence-electron chi connectivity index (χ0n) is 20.1. The summed E-state index contributed by atoms with van der Waals surface area (Å²) < 4.78 is 0. The maximum absolute atomic E-state index is 9.92. The van der Waals surface area contributed by atoms with E-state index in [-0.39, 0.29) is 43.7 Å². The van der Waals surface area contributed by atoms with Crippen LogP contribution in [0.15, 0.2) is 0 Å². The van der Waals surface area contributed by atoms with Gasteiger partial charge in [-0.15, -0.1) is 0 Å². The van der Waals surface area contributed by atoms with E-state index in [0.29, 0.717) is 0 Å². The number of carbonyl (C=O) groups excluding carboxylic acids is 3. The molecular formula is C24H45O6Sb. The summed E-state index contributed by atoms with van der Waals surface area (Å²) in [5, 5.41) is 29.8. The molecule has 0 aliphatic carbocycles. The van der Waals surface area contributed by atoms with Crippen LogP contribution in [0.1, 0.15) is 136 Å². The molecule has 0 amide bonds. The largest absolute Gasteiger partial charge is 3.00 e. The molecular weight excluding hydrogens is 506 g/mol. The van der Waals surface area contributed by atoms with Crippen LogP contribution in [0.5, 0.6) is 0 Å². The van der Waals surface area contributed by atoms with Gasteiger partial charge in [0, 0.05) is 17.9 Å². The first-order valence-corrected chi connectivity index (χ1v) is 11.9. The molecule has 7 heteroatoms. The van der Waals surface area contributed by atoms with Gasteiger partial charge < -0.3 is 29.7 Å². The fraction of sp³-hybridized carbons (Fsp3) is 0.875. The van der Waals surface area contributed by atoms with Crippen molar-refractivity contribution in [3.8, 4) is 0 Å². The summed E-state index contributed by atoms with van der Waals surface area (Å²) in [4.78, 5) is 29.8. The van der Waals surface area contributed by atoms with E-state index in [4.69, 9.17) is 0 Å². The molecule has 2 radical (unpaired) electrons. The van der Waals surface area contributed by atoms with Gasteiger partial charge in [-0.25, -0.2) is 0 Å². The molecule has 0 aromatic heterocycles. The SMILES string of the molecule is CCCCCCCC(=O)[O-].CCCCCCCC(=O)[O-].CCCCCCCC(=O)[O-].[Sb+3]. The molecule has 0 aromatic rings. The predicted octanol–water partition coefficient (Wildman–Crippen LogP) is 2.91. The summed E-state index contributed by atoms with van der Waals surface area (Å²) >= 11 is 0. The molecule has 0 atom stereocenters. The molecule has 0 rings (SSSR count). The Bertz CT molecular complexity index is 331. The van der Waals surface area contributed by atoms with Crippen LogP contribution in [0.4, 0.5) is 0 Å². The van der Waals surface area contributed by atoms with Crippen LogP contribution in [0.2, 0.25) is 0 Å². The first kappa shape index (κ1) is 37.5. The summed E-state index contributed by atoms with van der Waals surface area (Å²) in [6, 6.07) is 0. The molecule has 0 N–H and O–H groups in total. The van der Waals surface area contributed by atoms with E-state index >= 15 is 0 Å². The standard InChI is InChI=1S/3C8H16O2.Sb/c3*1-2-3-4-5-6-7-8(9)10;/h3*2-7H2,1H3,(H,9,10);/q;;;+3/p-3. The molecule has 0 spiro atoms. The van der Waals surface area contributed by atoms with Crippen LogP contribution in [0.3, 0.4) is 0 Å². The number of carbonyl (C=O) groups is 3. The normalized spacial score (nSPS) is 9.39. The van der Waals surface area contributed by atoms with Crippen LogP contribution in [-0.2, 0) is 14.4 Å². The first-order chi connectivity index (χ1) is 14.3. The first-order valence-electron chi connectivity index (χ1n) is 11.9. The van der Waals surface area contributed by atoms with Gasteiger partial charge in [0.1, 0.15) is 0 Å². The van der Waals surface area contributed by atoms with Crippen molar-refractivity contribution in [3.05, 3.63) is 0 Å². The molecule has 0 aromatic carbocycles. The van der Waals surface area contributed by atoms with Crippen LogP contribution in [-0.4, -0.2) is 42.3 Å². The van der Waals surface area contributed by atoms with Crippen molar-refractivity contribution in [2.75, 3.05) is 0 Å². The summed E-state index contributed by atoms with van der Waals surface area (Å²) in [7, 11) is 0. The molecule has 0 aliphatic rings. The maximum atomic E-state index is 9.92. The summed E-state index contributed by atoms with van der Waals surface area (Å²) in [5.41, 5.74) is 0. The molecule has 0 heterocycles. The fourth-order valence-corrected chi connectivity index (χ4v) is 2.62. The van der Waals surface area contributed by atoms with E-state index in [2.05, 4.69) is 20.8 Å². The van der Waals surface area contributed by atoms with Crippen molar-refractivity contribution in [1.82, 2.24) is 0 Å². The van der Waals surface area contributed by atoms with E-state index in [1.54, 1.807) is 0 Å². The van der Waals surface area contributed by atoms with Gasteiger partial charge >= 0.3 is 24.4 Å². The average molecular weight is 551 g/mol. The topological polar surface area (TPSA) is 120 Å². The summed E-state index contributed by atoms with van der Waals surface area (Å²) in [5.74, 6) is -2.76. The molecule has 0 fully saturated rings. The van der Waals surface area contributed by atoms with Gasteiger partial charge in [-0.1, -0.05) is 97.8 Å². The Morgan fingerprint density at radius 1 is 0.419 bits per heavy atom. The van der Waals surface area contributed by atoms with Gasteiger partial charge in [0.25, 0.3) is 0 Å². The van der Waals surface area contributed by atoms with Gasteiger partial charge in [0.05, 0.1) is 0 Å². The third-order valence-corrected chi connectivity index (χ3v) is 4.45. The number of carboxylic acid groups (broad SMARTS) is 3. The third kappa shape index (κ3) is 53.0. The van der Waals surface area contributed by atoms with E-state index in [0.717, 1.165) is 57.8 Å². The minimum atomic E-state index is -0.920. The van der Waals surface area contributed by atoms with Crippen molar-refractivity contribution in [1.29, 1.82) is 0 Å². The number of hydrogen-bond acceptors (Lipinski definition) is 6. The molecule has 6 nitrogen and oxygen atoms in total. The summed E-state index contributed by atoms with van der Waals surface area (Å²) in [6.07, 6.45) is 16.8. The molecule has 0 saturated carbocycles. The fourth-order valence-electron chi connectivity index (χ4n) is 2.62. The second-order valence-corrected chi connectivity index (χ2v) is 7.61. The maximum Gasteiger partial charge on any atom is 3.00 e. The molecule has 0 aliphatic heterocycles. The predicted molar refractivity (Wildman–Crippen MR) is 121 cm³/mol. The van der Waals surface area contributed by atoms with Crippen molar-refractivity contribution in [2.24, 2.45) is 0 Å². The minimum Gasteiger partial charge on any atom is -0.550 e. The van der Waals surface area contributed by atoms with Crippen molar-refractivity contribution < 1.29 is 29.7 Å². The van der Waals surface area contributed by atoms with Gasteiger partial charge in [0.15, 0.2) is 0 Å². The molecule has 0 bridgehead atoms. The Labute approximate surface area is 208 Å². The van der Waals surface area contributed by atoms with Crippen LogP contribution in [0, 0.1) is 0 Å². The van der Waals surface area contributed by atoms with E-state index in [9.17, 15) is 29.7 Å². The van der Waals surface area contributed by atoms with Gasteiger partial charge in [-0.3, -0.25) is 0 Å². The molecule has 0 saturated heterocycles. The Morgan fingerprint density at radius 3 is 0.774 bits per heavy atom. The van der Waals surface area contributed by atoms with Crippen LogP contribution >= 0.6 is 0 Å². The van der Waals surface area contributed by atoms with Gasteiger partial charge in [-0.2, -0.15) is 0 Å². The van der Waals surface area contributed by atoms with Crippen LogP contribution < -0.4 is 15.3 Å². The minimum absolute atomic E-state index is 0. The number of aliphatic carboxylic acids is 3. The second kappa shape index (κ2) is 33.9. The Kier molecular flexibility index (Phi) is 41.0. The number of rotatable bonds is 18. The monoisotopic (exact) mass is 550 g/mol. The van der Waals surface area contributed by atoms with Gasteiger partial charge in [-0.05, 0) is 38.5 Å². The molecule has 0 unspecified atom stereocenters. The number of hydrogen-bond donors (Lipinski definition) is 0. The zero-order chi connectivity index (χ0) is 23.5. The van der Waals surface area contributed by atoms with Crippen molar-refractivity contribution in [2.45, 2.75) is 136 Å². The van der Waals surface area contributed by atoms with Gasteiger partial charge in [0.2, 0.25) is 0 Å². The average Bonchev–Trinajstić information content (AvgIpc) is 2.68. The van der Waals surface area contributed by atoms with E-state index in [1.807, 2.05) is 0 Å². The quantitative estimate of drug-likeness (QED) is 0.191. The van der Waals surface area contributed by atoms with E-state index < -0.39 is 17.9 Å². The zero-order valence-corrected chi connectivity index (χ0v) is 22.7. The third-order valence-electron chi connectivity index (χ3n) is 4.45. The number of carboxylic acids is 3. The smallest absolute Gasteiger partial charge is 0.550 e. The molecule has 31 heavy (non-hydrogen) atoms. The van der Waals surface area contributed by atoms with Crippen molar-refractivity contribution in [3.63, 3.8) is 0 Å². The van der Waals surface area contributed by atoms with Crippen LogP contribution in [0.25, 0.3) is 0 Å². The Balaban J connectivity index is -0.000000174. The Morgan fingerprint density at radius 2 is 0.613 bits per heavy atom. The summed E-state index contributed by atoms with van der Waals surface area (Å²) in [6.45, 7) is 6.41. The second-order valence-electron chi connectivity index (χ2n) is 7.61. The number of unbranched alkanes of at least 4 members (excludes halogenated alkanes) is 12.